The Hall–Kier alpha value is -2.56. The van der Waals surface area contributed by atoms with Gasteiger partial charge < -0.3 is 14.8 Å². The lowest BCUT2D eigenvalue weighted by Gasteiger charge is -2.09. The molecule has 1 aromatic heterocycles. The second kappa shape index (κ2) is 4.77. The van der Waals surface area contributed by atoms with Crippen molar-refractivity contribution in [2.24, 2.45) is 0 Å². The van der Waals surface area contributed by atoms with Crippen molar-refractivity contribution in [3.05, 3.63) is 30.1 Å². The van der Waals surface area contributed by atoms with E-state index in [9.17, 15) is 9.90 Å². The van der Waals surface area contributed by atoms with Crippen LogP contribution in [0.5, 0.6) is 11.5 Å². The molecule has 0 fully saturated rings. The normalized spacial score (nSPS) is 11.4. The van der Waals surface area contributed by atoms with Crippen LogP contribution in [0.25, 0.3) is 21.8 Å². The number of aromatic nitrogens is 2. The number of nitrogens with zero attached hydrogens (tertiary/aromatic N) is 1. The standard InChI is InChI=1S/C16H16N2O3/c1-8(2)16-17-12-10-6-4-5-7-11(10)15(21-9(3)19)14(20)13(12)18-16/h4-8,20H,1-3H3,(H,17,18). The zero-order chi connectivity index (χ0) is 15.1. The molecule has 0 bridgehead atoms. The average Bonchev–Trinajstić information content (AvgIpc) is 2.89. The van der Waals surface area contributed by atoms with Crippen molar-refractivity contribution in [3.63, 3.8) is 0 Å². The minimum absolute atomic E-state index is 0.0849. The van der Waals surface area contributed by atoms with Gasteiger partial charge in [-0.15, -0.1) is 0 Å². The van der Waals surface area contributed by atoms with E-state index in [1.54, 1.807) is 6.07 Å². The fraction of sp³-hybridized carbons (Fsp3) is 0.250. The lowest BCUT2D eigenvalue weighted by Crippen LogP contribution is -2.02. The summed E-state index contributed by atoms with van der Waals surface area (Å²) in [5.74, 6) is 0.597. The third-order valence-electron chi connectivity index (χ3n) is 3.39. The van der Waals surface area contributed by atoms with E-state index < -0.39 is 5.97 Å². The van der Waals surface area contributed by atoms with Crippen molar-refractivity contribution in [2.75, 3.05) is 0 Å². The van der Waals surface area contributed by atoms with Crippen LogP contribution in [0.15, 0.2) is 24.3 Å². The van der Waals surface area contributed by atoms with Gasteiger partial charge in [-0.1, -0.05) is 38.1 Å². The van der Waals surface area contributed by atoms with Crippen molar-refractivity contribution in [1.82, 2.24) is 9.97 Å². The Morgan fingerprint density at radius 3 is 2.57 bits per heavy atom. The monoisotopic (exact) mass is 284 g/mol. The second-order valence-electron chi connectivity index (χ2n) is 5.32. The molecule has 5 nitrogen and oxygen atoms in total. The molecule has 3 rings (SSSR count). The Balaban J connectivity index is 2.44. The Labute approximate surface area is 121 Å². The highest BCUT2D eigenvalue weighted by molar-refractivity contribution is 6.11. The molecule has 0 aliphatic heterocycles. The number of aromatic hydroxyl groups is 1. The van der Waals surface area contributed by atoms with Crippen LogP contribution in [-0.2, 0) is 4.79 Å². The molecule has 2 aromatic carbocycles. The summed E-state index contributed by atoms with van der Waals surface area (Å²) in [6, 6.07) is 7.42. The van der Waals surface area contributed by atoms with Gasteiger partial charge >= 0.3 is 5.97 Å². The number of rotatable bonds is 2. The summed E-state index contributed by atoms with van der Waals surface area (Å²) in [5.41, 5.74) is 1.18. The van der Waals surface area contributed by atoms with Crippen molar-refractivity contribution in [3.8, 4) is 11.5 Å². The predicted octanol–water partition coefficient (Wildman–Crippen LogP) is 3.47. The van der Waals surface area contributed by atoms with E-state index in [1.807, 2.05) is 32.0 Å². The van der Waals surface area contributed by atoms with Gasteiger partial charge in [-0.2, -0.15) is 0 Å². The summed E-state index contributed by atoms with van der Waals surface area (Å²) >= 11 is 0. The number of benzene rings is 2. The van der Waals surface area contributed by atoms with E-state index in [4.69, 9.17) is 4.74 Å². The topological polar surface area (TPSA) is 75.2 Å². The average molecular weight is 284 g/mol. The number of H-pyrrole nitrogens is 1. The number of aromatic amines is 1. The van der Waals surface area contributed by atoms with Gasteiger partial charge in [-0.25, -0.2) is 4.98 Å². The van der Waals surface area contributed by atoms with Crippen LogP contribution in [0, 0.1) is 0 Å². The first-order valence-electron chi connectivity index (χ1n) is 6.80. The minimum atomic E-state index is -0.474. The second-order valence-corrected chi connectivity index (χ2v) is 5.32. The quantitative estimate of drug-likeness (QED) is 0.558. The van der Waals surface area contributed by atoms with Gasteiger partial charge in [0.2, 0.25) is 0 Å². The molecule has 0 unspecified atom stereocenters. The Morgan fingerprint density at radius 2 is 1.95 bits per heavy atom. The molecule has 1 heterocycles. The van der Waals surface area contributed by atoms with Gasteiger partial charge in [0.1, 0.15) is 16.9 Å². The first-order valence-corrected chi connectivity index (χ1v) is 6.80. The minimum Gasteiger partial charge on any atom is -0.503 e. The van der Waals surface area contributed by atoms with E-state index in [0.717, 1.165) is 11.2 Å². The Bertz CT molecular complexity index is 849. The zero-order valence-electron chi connectivity index (χ0n) is 12.1. The maximum Gasteiger partial charge on any atom is 0.308 e. The number of ether oxygens (including phenoxy) is 1. The van der Waals surface area contributed by atoms with E-state index in [0.29, 0.717) is 16.4 Å². The molecular formula is C16H16N2O3. The first kappa shape index (κ1) is 13.4. The lowest BCUT2D eigenvalue weighted by molar-refractivity contribution is -0.131. The van der Waals surface area contributed by atoms with Gasteiger partial charge in [0.05, 0.1) is 0 Å². The third-order valence-corrected chi connectivity index (χ3v) is 3.39. The molecule has 0 amide bonds. The smallest absolute Gasteiger partial charge is 0.308 e. The molecule has 0 saturated carbocycles. The van der Waals surface area contributed by atoms with E-state index in [2.05, 4.69) is 9.97 Å². The third kappa shape index (κ3) is 2.11. The number of esters is 1. The van der Waals surface area contributed by atoms with Crippen molar-refractivity contribution < 1.29 is 14.6 Å². The van der Waals surface area contributed by atoms with Gasteiger partial charge in [-0.3, -0.25) is 4.79 Å². The number of nitrogens with one attached hydrogen (secondary N) is 1. The number of carbonyl (C=O) groups is 1. The molecular weight excluding hydrogens is 268 g/mol. The summed E-state index contributed by atoms with van der Waals surface area (Å²) in [6.07, 6.45) is 0. The maximum absolute atomic E-state index is 11.3. The molecule has 3 aromatic rings. The maximum atomic E-state index is 11.3. The highest BCUT2D eigenvalue weighted by atomic mass is 16.5. The number of phenolic OH excluding ortho intramolecular Hbond substituents is 1. The zero-order valence-corrected chi connectivity index (χ0v) is 12.1. The van der Waals surface area contributed by atoms with Gasteiger partial charge in [-0.05, 0) is 0 Å². The van der Waals surface area contributed by atoms with Crippen LogP contribution in [0.1, 0.15) is 32.5 Å². The molecule has 5 heteroatoms. The lowest BCUT2D eigenvalue weighted by atomic mass is 10.1. The fourth-order valence-electron chi connectivity index (χ4n) is 2.41. The number of imidazole rings is 1. The number of hydrogen-bond acceptors (Lipinski definition) is 4. The van der Waals surface area contributed by atoms with Crippen LogP contribution in [-0.4, -0.2) is 21.0 Å². The van der Waals surface area contributed by atoms with Gasteiger partial charge in [0, 0.05) is 23.6 Å². The Kier molecular flexibility index (Phi) is 3.05. The largest absolute Gasteiger partial charge is 0.503 e. The summed E-state index contributed by atoms with van der Waals surface area (Å²) < 4.78 is 5.20. The van der Waals surface area contributed by atoms with Crippen molar-refractivity contribution >= 4 is 27.8 Å². The number of carbonyl (C=O) groups excluding carboxylic acids is 1. The molecule has 0 atom stereocenters. The summed E-state index contributed by atoms with van der Waals surface area (Å²) in [5, 5.41) is 11.9. The predicted molar refractivity (Wildman–Crippen MR) is 80.7 cm³/mol. The SMILES string of the molecule is CC(=O)Oc1c(O)c2[nH]c(C(C)C)nc2c2ccccc12. The summed E-state index contributed by atoms with van der Waals surface area (Å²) in [6.45, 7) is 5.35. The van der Waals surface area contributed by atoms with Crippen LogP contribution in [0.2, 0.25) is 0 Å². The number of fused-ring (bicyclic) bond motifs is 3. The molecule has 0 spiro atoms. The van der Waals surface area contributed by atoms with Gasteiger partial charge in [0.15, 0.2) is 11.5 Å². The van der Waals surface area contributed by atoms with Crippen molar-refractivity contribution in [1.29, 1.82) is 0 Å². The summed E-state index contributed by atoms with van der Waals surface area (Å²) in [4.78, 5) is 19.0. The molecule has 0 radical (unpaired) electrons. The number of hydrogen-bond donors (Lipinski definition) is 2. The van der Waals surface area contributed by atoms with E-state index >= 15 is 0 Å². The van der Waals surface area contributed by atoms with Gasteiger partial charge in [0.25, 0.3) is 0 Å². The van der Waals surface area contributed by atoms with Crippen LogP contribution < -0.4 is 4.74 Å². The molecule has 0 aliphatic rings. The van der Waals surface area contributed by atoms with Crippen LogP contribution in [0.3, 0.4) is 0 Å². The highest BCUT2D eigenvalue weighted by Crippen LogP contribution is 2.42. The van der Waals surface area contributed by atoms with Crippen LogP contribution in [0.4, 0.5) is 0 Å². The van der Waals surface area contributed by atoms with Crippen molar-refractivity contribution in [2.45, 2.75) is 26.7 Å². The van der Waals surface area contributed by atoms with Crippen LogP contribution >= 0.6 is 0 Å². The highest BCUT2D eigenvalue weighted by Gasteiger charge is 2.20. The number of phenols is 1. The van der Waals surface area contributed by atoms with E-state index in [-0.39, 0.29) is 17.4 Å². The Morgan fingerprint density at radius 1 is 1.29 bits per heavy atom. The fourth-order valence-corrected chi connectivity index (χ4v) is 2.41. The molecule has 108 valence electrons. The molecule has 21 heavy (non-hydrogen) atoms. The summed E-state index contributed by atoms with van der Waals surface area (Å²) in [7, 11) is 0. The first-order chi connectivity index (χ1) is 9.99. The molecule has 2 N–H and O–H groups in total. The molecule has 0 saturated heterocycles. The molecule has 0 aliphatic carbocycles. The van der Waals surface area contributed by atoms with E-state index in [1.165, 1.54) is 6.92 Å².